The molecule has 2 bridgehead atoms. The summed E-state index contributed by atoms with van der Waals surface area (Å²) in [5.41, 5.74) is 11.2. The number of nitrogens with one attached hydrogen (secondary N) is 2. The third-order valence-corrected chi connectivity index (χ3v) is 17.7. The monoisotopic (exact) mass is 1200 g/mol. The molecule has 7 heterocycles. The summed E-state index contributed by atoms with van der Waals surface area (Å²) in [6, 6.07) is 24.3. The zero-order chi connectivity index (χ0) is 60.1. The Morgan fingerprint density at radius 1 is 0.894 bits per heavy atom. The first-order valence-electron chi connectivity index (χ1n) is 28.5. The average molecular weight is 1200 g/mol. The number of hydrogen-bond acceptors (Lipinski definition) is 14. The van der Waals surface area contributed by atoms with Gasteiger partial charge in [-0.25, -0.2) is 22.2 Å². The number of carbonyl (C=O) groups is 2. The van der Waals surface area contributed by atoms with Crippen LogP contribution in [0, 0.1) is 40.5 Å². The molecule has 5 unspecified atom stereocenters. The van der Waals surface area contributed by atoms with Gasteiger partial charge in [-0.2, -0.15) is 15.2 Å². The van der Waals surface area contributed by atoms with E-state index in [0.29, 0.717) is 87.7 Å². The van der Waals surface area contributed by atoms with Crippen LogP contribution in [-0.2, 0) is 20.9 Å². The fourth-order valence-corrected chi connectivity index (χ4v) is 12.4. The molecule has 0 spiro atoms. The standard InChI is InChI=1S/C42H43ClFN9O3S.C15H12F3NO.C6H11NO/c1-22(2)23(3)53-20-34(50-51-53)25-6-4-24(5-7-25)21-55-38-36(29-10-11-33(44)39-35(29)31(17-45)40(46)57-39)32(43)16-30-37(38)48-42(56-28-12-14-54-15-13-28)49-41(30)52-18-26-8-9-27(19-52)47-26;1-9(19-8-20)10-2-4-11(5-3-10)14-12(16)6-7-13(17)15(14)18;1-6-3-2-4-7(6)5-8/h4-7,10-11,16,20,22-23,26-28,47H,8-9,12-15,18-19,21,46H2,1-3H3;2-9H,1H3,(H,19,20);5-6H,2-4H2,1H3. The predicted molar refractivity (Wildman–Crippen MR) is 321 cm³/mol. The lowest BCUT2D eigenvalue weighted by Crippen LogP contribution is -2.51. The summed E-state index contributed by atoms with van der Waals surface area (Å²) in [7, 11) is 0. The minimum Gasteiger partial charge on any atom is -0.486 e. The Morgan fingerprint density at radius 3 is 2.24 bits per heavy atom. The molecule has 16 nitrogen and oxygen atoms in total. The Hall–Kier alpha value is -7.90. The number of nitrogen functional groups attached to an aromatic ring is 1. The maximum absolute atomic E-state index is 15.4. The summed E-state index contributed by atoms with van der Waals surface area (Å²) in [6.45, 7) is 14.1. The minimum absolute atomic E-state index is 0.114. The Morgan fingerprint density at radius 2 is 1.59 bits per heavy atom. The molecular formula is C63H66ClF4N11O5S. The number of likely N-dealkylation sites (tertiary alicyclic amines) is 1. The molecule has 5 atom stereocenters. The zero-order valence-corrected chi connectivity index (χ0v) is 49.3. The number of aromatic nitrogens is 5. The molecular weight excluding hydrogens is 1130 g/mol. The fraction of sp³-hybridized carbons (Fsp3) is 0.381. The summed E-state index contributed by atoms with van der Waals surface area (Å²) in [5.74, 6) is -2.11. The van der Waals surface area contributed by atoms with Gasteiger partial charge in [-0.05, 0) is 98.9 Å². The summed E-state index contributed by atoms with van der Waals surface area (Å²) in [6.07, 6.45) is 9.35. The molecule has 0 saturated carbocycles. The Balaban J connectivity index is 0.000000235. The van der Waals surface area contributed by atoms with Crippen LogP contribution in [0.4, 0.5) is 28.4 Å². The van der Waals surface area contributed by atoms with Crippen LogP contribution in [0.3, 0.4) is 0 Å². The molecule has 4 aliphatic heterocycles. The van der Waals surface area contributed by atoms with Crippen molar-refractivity contribution < 1.29 is 41.4 Å². The third kappa shape index (κ3) is 13.2. The normalized spacial score (nSPS) is 18.3. The van der Waals surface area contributed by atoms with Gasteiger partial charge in [0.25, 0.3) is 0 Å². The van der Waals surface area contributed by atoms with Crippen molar-refractivity contribution in [2.75, 3.05) is 43.5 Å². The van der Waals surface area contributed by atoms with Crippen molar-refractivity contribution in [3.8, 4) is 51.3 Å². The van der Waals surface area contributed by atoms with Crippen molar-refractivity contribution in [2.24, 2.45) is 5.92 Å². The van der Waals surface area contributed by atoms with Crippen LogP contribution in [0.5, 0.6) is 11.8 Å². The van der Waals surface area contributed by atoms with E-state index < -0.39 is 28.8 Å². The van der Waals surface area contributed by atoms with Gasteiger partial charge < -0.3 is 40.4 Å². The number of amides is 2. The SMILES string of the molecule is CC(C)C(C)n1cc(-c2ccc(COc3c(-c4ccc(F)c5sc(N)c(C#N)c45)c(Cl)cc4c(N5CC6CCC(C5)N6)nc(OC5CCOCC5)nc34)cc2)nn1.CC(NC=O)c1ccc(-c2c(F)ccc(F)c2F)cc1.CC1CCCN1C=O. The molecule has 4 fully saturated rings. The second-order valence-corrected chi connectivity index (χ2v) is 23.7. The average Bonchev–Trinajstić information content (AvgIpc) is 2.87. The Bertz CT molecular complexity index is 3730. The van der Waals surface area contributed by atoms with E-state index in [0.717, 1.165) is 97.6 Å². The van der Waals surface area contributed by atoms with E-state index in [1.165, 1.54) is 31.0 Å². The number of anilines is 2. The molecule has 0 aliphatic carbocycles. The van der Waals surface area contributed by atoms with Crippen LogP contribution >= 0.6 is 22.9 Å². The number of hydrogen-bond donors (Lipinski definition) is 3. The van der Waals surface area contributed by atoms with E-state index in [4.69, 9.17) is 41.5 Å². The number of thiophene rings is 1. The molecule has 3 aromatic heterocycles. The quantitative estimate of drug-likeness (QED) is 0.0498. The smallest absolute Gasteiger partial charge is 0.319 e. The van der Waals surface area contributed by atoms with Gasteiger partial charge in [-0.3, -0.25) is 9.59 Å². The number of fused-ring (bicyclic) bond motifs is 4. The highest BCUT2D eigenvalue weighted by Gasteiger charge is 2.35. The molecule has 0 radical (unpaired) electrons. The number of nitrogens with zero attached hydrogens (tertiary/aromatic N) is 8. The van der Waals surface area contributed by atoms with Gasteiger partial charge in [-0.1, -0.05) is 85.3 Å². The number of rotatable bonds is 15. The lowest BCUT2D eigenvalue weighted by Gasteiger charge is -2.34. The van der Waals surface area contributed by atoms with E-state index >= 15 is 4.39 Å². The zero-order valence-electron chi connectivity index (χ0n) is 47.8. The van der Waals surface area contributed by atoms with Gasteiger partial charge in [0.1, 0.15) is 52.4 Å². The fourth-order valence-electron chi connectivity index (χ4n) is 11.2. The summed E-state index contributed by atoms with van der Waals surface area (Å²) in [5, 5.41) is 27.0. The summed E-state index contributed by atoms with van der Waals surface area (Å²) in [4.78, 5) is 34.8. The van der Waals surface area contributed by atoms with E-state index in [1.807, 2.05) is 46.1 Å². The summed E-state index contributed by atoms with van der Waals surface area (Å²) < 4.78 is 77.0. The largest absolute Gasteiger partial charge is 0.486 e. The Kier molecular flexibility index (Phi) is 18.8. The Labute approximate surface area is 499 Å². The van der Waals surface area contributed by atoms with Crippen molar-refractivity contribution in [3.63, 3.8) is 0 Å². The predicted octanol–water partition coefficient (Wildman–Crippen LogP) is 12.5. The molecule has 12 rings (SSSR count). The first kappa shape index (κ1) is 60.2. The number of nitriles is 1. The summed E-state index contributed by atoms with van der Waals surface area (Å²) >= 11 is 8.38. The first-order chi connectivity index (χ1) is 41.0. The van der Waals surface area contributed by atoms with E-state index in [1.54, 1.807) is 25.1 Å². The van der Waals surface area contributed by atoms with Crippen LogP contribution in [-0.4, -0.2) is 99.8 Å². The number of halogens is 5. The number of carbonyl (C=O) groups excluding carboxylic acids is 2. The maximum atomic E-state index is 15.4. The van der Waals surface area contributed by atoms with E-state index in [9.17, 15) is 28.0 Å². The third-order valence-electron chi connectivity index (χ3n) is 16.3. The van der Waals surface area contributed by atoms with Gasteiger partial charge in [0.2, 0.25) is 12.8 Å². The van der Waals surface area contributed by atoms with Crippen LogP contribution in [0.15, 0.2) is 85.1 Å². The lowest BCUT2D eigenvalue weighted by atomic mass is 9.96. The van der Waals surface area contributed by atoms with Gasteiger partial charge in [0.05, 0.1) is 52.3 Å². The molecule has 444 valence electrons. The molecule has 4 N–H and O–H groups in total. The van der Waals surface area contributed by atoms with Crippen molar-refractivity contribution in [2.45, 2.75) is 116 Å². The highest BCUT2D eigenvalue weighted by atomic mass is 35.5. The second kappa shape index (κ2) is 26.6. The van der Waals surface area contributed by atoms with Crippen molar-refractivity contribution in [3.05, 3.63) is 130 Å². The van der Waals surface area contributed by atoms with Gasteiger partial charge in [-0.15, -0.1) is 16.4 Å². The molecule has 4 saturated heterocycles. The number of piperazine rings is 1. The van der Waals surface area contributed by atoms with Gasteiger partial charge in [0, 0.05) is 72.5 Å². The van der Waals surface area contributed by atoms with Gasteiger partial charge >= 0.3 is 6.01 Å². The van der Waals surface area contributed by atoms with Crippen molar-refractivity contribution >= 4 is 67.6 Å². The van der Waals surface area contributed by atoms with Crippen molar-refractivity contribution in [1.29, 1.82) is 5.26 Å². The lowest BCUT2D eigenvalue weighted by molar-refractivity contribution is -0.118. The second-order valence-electron chi connectivity index (χ2n) is 22.2. The van der Waals surface area contributed by atoms with E-state index in [-0.39, 0.29) is 51.6 Å². The van der Waals surface area contributed by atoms with Crippen LogP contribution in [0.2, 0.25) is 5.02 Å². The number of benzene rings is 5. The maximum Gasteiger partial charge on any atom is 0.319 e. The molecule has 22 heteroatoms. The van der Waals surface area contributed by atoms with Crippen LogP contribution in [0.1, 0.15) is 102 Å². The van der Waals surface area contributed by atoms with Gasteiger partial charge in [0.15, 0.2) is 17.4 Å². The van der Waals surface area contributed by atoms with Crippen LogP contribution < -0.4 is 30.7 Å². The topological polar surface area (TPSA) is 199 Å². The highest BCUT2D eigenvalue weighted by molar-refractivity contribution is 7.23. The molecule has 4 aliphatic rings. The van der Waals surface area contributed by atoms with Crippen molar-refractivity contribution in [1.82, 2.24) is 40.5 Å². The van der Waals surface area contributed by atoms with E-state index in [2.05, 4.69) is 59.6 Å². The minimum atomic E-state index is -1.21. The molecule has 2 amide bonds. The number of nitrogens with two attached hydrogens (primary N) is 1. The number of ether oxygens (including phenoxy) is 3. The first-order valence-corrected chi connectivity index (χ1v) is 29.7. The molecule has 85 heavy (non-hydrogen) atoms. The molecule has 8 aromatic rings. The van der Waals surface area contributed by atoms with Crippen LogP contribution in [0.25, 0.3) is 54.5 Å². The molecule has 5 aromatic carbocycles. The highest BCUT2D eigenvalue weighted by Crippen LogP contribution is 2.50.